The van der Waals surface area contributed by atoms with Gasteiger partial charge in [0.1, 0.15) is 17.7 Å². The van der Waals surface area contributed by atoms with Crippen LogP contribution in [0, 0.1) is 5.82 Å². The van der Waals surface area contributed by atoms with Crippen LogP contribution in [0.5, 0.6) is 0 Å². The van der Waals surface area contributed by atoms with Crippen molar-refractivity contribution in [2.75, 3.05) is 27.2 Å². The minimum Gasteiger partial charge on any atom is -0.334 e. The molecule has 1 fully saturated rings. The lowest BCUT2D eigenvalue weighted by Crippen LogP contribution is -2.36. The number of fused-ring (bicyclic) bond motifs is 1. The quantitative estimate of drug-likeness (QED) is 0.502. The maximum Gasteiger partial charge on any atom is 0.258 e. The van der Waals surface area contributed by atoms with Gasteiger partial charge in [-0.15, -0.1) is 5.10 Å². The molecule has 1 amide bonds. The molecular formula is C24H22F2N6O2. The van der Waals surface area contributed by atoms with Gasteiger partial charge in [-0.3, -0.25) is 9.59 Å². The highest BCUT2D eigenvalue weighted by Crippen LogP contribution is 2.22. The molecule has 0 aliphatic carbocycles. The smallest absolute Gasteiger partial charge is 0.258 e. The summed E-state index contributed by atoms with van der Waals surface area (Å²) in [6, 6.07) is 12.1. The van der Waals surface area contributed by atoms with E-state index in [1.54, 1.807) is 55.5 Å². The van der Waals surface area contributed by atoms with Crippen LogP contribution in [-0.4, -0.2) is 75.1 Å². The zero-order chi connectivity index (χ0) is 24.0. The molecular weight excluding hydrogens is 442 g/mol. The summed E-state index contributed by atoms with van der Waals surface area (Å²) < 4.78 is 29.3. The molecule has 8 nitrogen and oxygen atoms in total. The van der Waals surface area contributed by atoms with Crippen molar-refractivity contribution in [3.05, 3.63) is 76.5 Å². The first-order valence-electron chi connectivity index (χ1n) is 10.8. The van der Waals surface area contributed by atoms with E-state index in [0.717, 1.165) is 0 Å². The monoisotopic (exact) mass is 464 g/mol. The highest BCUT2D eigenvalue weighted by atomic mass is 19.1. The van der Waals surface area contributed by atoms with Gasteiger partial charge in [-0.05, 0) is 62.6 Å². The average molecular weight is 464 g/mol. The predicted octanol–water partition coefficient (Wildman–Crippen LogP) is 2.64. The summed E-state index contributed by atoms with van der Waals surface area (Å²) in [5.41, 5.74) is 1.84. The standard InChI is InChI=1S/C24H22F2N6O2/c1-30(2)22-13-31(11-19(22)26)24(34)14-3-6-17(7-4-14)32-12-21(28-29-32)18-10-15-9-16(25)5-8-20(15)27-23(18)33/h3-10,12,19,22H,11,13H2,1-2H3,(H,27,33)/t19-,22-/m1/s1. The van der Waals surface area contributed by atoms with Gasteiger partial charge in [-0.25, -0.2) is 13.5 Å². The van der Waals surface area contributed by atoms with Crippen LogP contribution < -0.4 is 5.56 Å². The predicted molar refractivity (Wildman–Crippen MR) is 123 cm³/mol. The normalized spacial score (nSPS) is 18.2. The third kappa shape index (κ3) is 3.96. The summed E-state index contributed by atoms with van der Waals surface area (Å²) in [6.45, 7) is 0.408. The average Bonchev–Trinajstić information content (AvgIpc) is 3.46. The molecule has 1 saturated heterocycles. The summed E-state index contributed by atoms with van der Waals surface area (Å²) in [6.07, 6.45) is 0.504. The lowest BCUT2D eigenvalue weighted by molar-refractivity contribution is 0.0779. The number of pyridine rings is 1. The molecule has 2 atom stereocenters. The molecule has 174 valence electrons. The molecule has 0 unspecified atom stereocenters. The van der Waals surface area contributed by atoms with Crippen molar-refractivity contribution in [2.24, 2.45) is 0 Å². The van der Waals surface area contributed by atoms with Crippen molar-refractivity contribution in [2.45, 2.75) is 12.2 Å². The third-order valence-corrected chi connectivity index (χ3v) is 6.12. The summed E-state index contributed by atoms with van der Waals surface area (Å²) in [5, 5.41) is 8.71. The number of likely N-dealkylation sites (tertiary alicyclic amines) is 1. The number of aromatic amines is 1. The number of aromatic nitrogens is 4. The van der Waals surface area contributed by atoms with Crippen molar-refractivity contribution in [1.82, 2.24) is 29.8 Å². The Bertz CT molecular complexity index is 1430. The van der Waals surface area contributed by atoms with Gasteiger partial charge in [0.15, 0.2) is 0 Å². The van der Waals surface area contributed by atoms with E-state index in [4.69, 9.17) is 0 Å². The van der Waals surface area contributed by atoms with Gasteiger partial charge in [0.25, 0.3) is 11.5 Å². The number of benzene rings is 2. The molecule has 1 aliphatic heterocycles. The number of carbonyl (C=O) groups excluding carboxylic acids is 1. The van der Waals surface area contributed by atoms with Gasteiger partial charge >= 0.3 is 0 Å². The Morgan fingerprint density at radius 3 is 2.59 bits per heavy atom. The van der Waals surface area contributed by atoms with Crippen molar-refractivity contribution < 1.29 is 13.6 Å². The van der Waals surface area contributed by atoms with Crippen molar-refractivity contribution in [3.8, 4) is 16.9 Å². The number of likely N-dealkylation sites (N-methyl/N-ethyl adjacent to an activating group) is 1. The van der Waals surface area contributed by atoms with Crippen LogP contribution >= 0.6 is 0 Å². The molecule has 3 heterocycles. The molecule has 0 saturated carbocycles. The van der Waals surface area contributed by atoms with Gasteiger partial charge in [0.2, 0.25) is 0 Å². The Labute approximate surface area is 193 Å². The molecule has 5 rings (SSSR count). The second kappa shape index (κ2) is 8.45. The maximum absolute atomic E-state index is 14.2. The number of H-pyrrole nitrogens is 1. The number of carbonyl (C=O) groups is 1. The van der Waals surface area contributed by atoms with Gasteiger partial charge in [-0.1, -0.05) is 5.21 Å². The van der Waals surface area contributed by atoms with E-state index in [9.17, 15) is 18.4 Å². The molecule has 2 aromatic heterocycles. The molecule has 2 aromatic carbocycles. The van der Waals surface area contributed by atoms with Crippen molar-refractivity contribution >= 4 is 16.8 Å². The Kier molecular flexibility index (Phi) is 5.45. The minimum absolute atomic E-state index is 0.0695. The van der Waals surface area contributed by atoms with E-state index in [1.165, 1.54) is 27.8 Å². The second-order valence-corrected chi connectivity index (χ2v) is 8.60. The first-order valence-corrected chi connectivity index (χ1v) is 10.8. The Balaban J connectivity index is 1.37. The van der Waals surface area contributed by atoms with Gasteiger partial charge in [0.05, 0.1) is 30.0 Å². The van der Waals surface area contributed by atoms with Crippen molar-refractivity contribution in [3.63, 3.8) is 0 Å². The minimum atomic E-state index is -1.08. The lowest BCUT2D eigenvalue weighted by Gasteiger charge is -2.20. The van der Waals surface area contributed by atoms with Gasteiger partial charge in [-0.2, -0.15) is 0 Å². The van der Waals surface area contributed by atoms with Crippen LogP contribution in [-0.2, 0) is 0 Å². The molecule has 4 aromatic rings. The zero-order valence-corrected chi connectivity index (χ0v) is 18.6. The van der Waals surface area contributed by atoms with Gasteiger partial charge in [0, 0.05) is 23.0 Å². The largest absolute Gasteiger partial charge is 0.334 e. The molecule has 1 aliphatic rings. The zero-order valence-electron chi connectivity index (χ0n) is 18.6. The second-order valence-electron chi connectivity index (χ2n) is 8.60. The van der Waals surface area contributed by atoms with Crippen LogP contribution in [0.25, 0.3) is 27.8 Å². The van der Waals surface area contributed by atoms with Crippen LogP contribution in [0.15, 0.2) is 59.5 Å². The Hall–Kier alpha value is -3.92. The van der Waals surface area contributed by atoms with Crippen LogP contribution in [0.3, 0.4) is 0 Å². The number of hydrogen-bond donors (Lipinski definition) is 1. The molecule has 10 heteroatoms. The first kappa shape index (κ1) is 21.9. The number of rotatable bonds is 4. The highest BCUT2D eigenvalue weighted by molar-refractivity contribution is 5.94. The number of halogens is 2. The molecule has 0 radical (unpaired) electrons. The third-order valence-electron chi connectivity index (χ3n) is 6.12. The fourth-order valence-corrected chi connectivity index (χ4v) is 4.22. The van der Waals surface area contributed by atoms with E-state index in [1.807, 2.05) is 0 Å². The molecule has 0 spiro atoms. The van der Waals surface area contributed by atoms with E-state index in [0.29, 0.717) is 34.4 Å². The van der Waals surface area contributed by atoms with E-state index in [2.05, 4.69) is 15.3 Å². The summed E-state index contributed by atoms with van der Waals surface area (Å²) in [7, 11) is 3.60. The fraction of sp³-hybridized carbons (Fsp3) is 0.250. The van der Waals surface area contributed by atoms with E-state index < -0.39 is 12.0 Å². The first-order chi connectivity index (χ1) is 16.3. The molecule has 34 heavy (non-hydrogen) atoms. The summed E-state index contributed by atoms with van der Waals surface area (Å²) in [5.74, 6) is -0.634. The van der Waals surface area contributed by atoms with Crippen molar-refractivity contribution in [1.29, 1.82) is 0 Å². The molecule has 1 N–H and O–H groups in total. The van der Waals surface area contributed by atoms with Crippen LogP contribution in [0.1, 0.15) is 10.4 Å². The number of alkyl halides is 1. The summed E-state index contributed by atoms with van der Waals surface area (Å²) in [4.78, 5) is 31.3. The maximum atomic E-state index is 14.2. The SMILES string of the molecule is CN(C)[C@@H]1CN(C(=O)c2ccc(-n3cc(-c4cc5cc(F)ccc5[nH]c4=O)nn3)cc2)C[C@H]1F. The fourth-order valence-electron chi connectivity index (χ4n) is 4.22. The number of nitrogens with one attached hydrogen (secondary N) is 1. The van der Waals surface area contributed by atoms with Crippen LogP contribution in [0.2, 0.25) is 0 Å². The Morgan fingerprint density at radius 2 is 1.88 bits per heavy atom. The number of nitrogens with zero attached hydrogens (tertiary/aromatic N) is 5. The molecule has 0 bridgehead atoms. The number of amides is 1. The lowest BCUT2D eigenvalue weighted by atomic mass is 10.1. The number of hydrogen-bond acceptors (Lipinski definition) is 5. The Morgan fingerprint density at radius 1 is 1.12 bits per heavy atom. The van der Waals surface area contributed by atoms with Crippen LogP contribution in [0.4, 0.5) is 8.78 Å². The highest BCUT2D eigenvalue weighted by Gasteiger charge is 2.36. The topological polar surface area (TPSA) is 87.1 Å². The van der Waals surface area contributed by atoms with Gasteiger partial charge < -0.3 is 14.8 Å². The summed E-state index contributed by atoms with van der Waals surface area (Å²) >= 11 is 0. The van der Waals surface area contributed by atoms with E-state index >= 15 is 0 Å². The van der Waals surface area contributed by atoms with E-state index in [-0.39, 0.29) is 29.6 Å².